The molecule has 114 valence electrons. The molecule has 7 heteroatoms. The van der Waals surface area contributed by atoms with Gasteiger partial charge in [0.15, 0.2) is 6.23 Å². The van der Waals surface area contributed by atoms with Gasteiger partial charge < -0.3 is 14.4 Å². The lowest BCUT2D eigenvalue weighted by Gasteiger charge is -2.30. The number of nitrogens with zero attached hydrogens (tertiary/aromatic N) is 2. The smallest absolute Gasteiger partial charge is 0.416 e. The van der Waals surface area contributed by atoms with Crippen LogP contribution in [0.4, 0.5) is 16.2 Å². The molecule has 2 aliphatic heterocycles. The van der Waals surface area contributed by atoms with E-state index < -0.39 is 0 Å². The Morgan fingerprint density at radius 2 is 2.10 bits per heavy atom. The first-order valence-electron chi connectivity index (χ1n) is 6.96. The number of carbonyl (C=O) groups excluding carboxylic acids is 1. The first kappa shape index (κ1) is 14.4. The fourth-order valence-electron chi connectivity index (χ4n) is 2.55. The number of amides is 1. The van der Waals surface area contributed by atoms with Gasteiger partial charge in [-0.15, -0.1) is 0 Å². The molecular formula is C14H18ClN3O3. The summed E-state index contributed by atoms with van der Waals surface area (Å²) in [6.07, 6.45) is -0.639. The molecule has 1 atom stereocenters. The Morgan fingerprint density at radius 1 is 1.33 bits per heavy atom. The molecule has 0 radical (unpaired) electrons. The molecule has 1 aromatic rings. The van der Waals surface area contributed by atoms with Gasteiger partial charge in [-0.25, -0.2) is 4.79 Å². The van der Waals surface area contributed by atoms with Crippen LogP contribution in [0.15, 0.2) is 18.2 Å². The molecule has 0 saturated carbocycles. The van der Waals surface area contributed by atoms with E-state index in [4.69, 9.17) is 21.1 Å². The van der Waals surface area contributed by atoms with Gasteiger partial charge in [0.2, 0.25) is 0 Å². The number of morpholine rings is 1. The zero-order chi connectivity index (χ0) is 14.8. The van der Waals surface area contributed by atoms with Crippen LogP contribution in [0.1, 0.15) is 0 Å². The van der Waals surface area contributed by atoms with Crippen LogP contribution < -0.4 is 15.1 Å². The first-order valence-corrected chi connectivity index (χ1v) is 7.34. The number of cyclic esters (lactones) is 1. The Labute approximate surface area is 128 Å². The molecular weight excluding hydrogens is 294 g/mol. The van der Waals surface area contributed by atoms with Crippen molar-refractivity contribution in [2.45, 2.75) is 6.23 Å². The van der Waals surface area contributed by atoms with E-state index in [1.807, 2.05) is 18.2 Å². The van der Waals surface area contributed by atoms with Gasteiger partial charge in [0, 0.05) is 18.8 Å². The molecule has 2 aliphatic rings. The molecule has 2 saturated heterocycles. The minimum absolute atomic E-state index is 0.282. The van der Waals surface area contributed by atoms with Gasteiger partial charge in [-0.3, -0.25) is 10.2 Å². The van der Waals surface area contributed by atoms with Gasteiger partial charge >= 0.3 is 6.09 Å². The molecule has 2 fully saturated rings. The van der Waals surface area contributed by atoms with Gasteiger partial charge in [0.1, 0.15) is 0 Å². The average molecular weight is 312 g/mol. The maximum Gasteiger partial charge on any atom is 0.416 e. The minimum atomic E-state index is -0.357. The van der Waals surface area contributed by atoms with E-state index >= 15 is 0 Å². The maximum atomic E-state index is 11.8. The van der Waals surface area contributed by atoms with Crippen LogP contribution in [0.25, 0.3) is 0 Å². The summed E-state index contributed by atoms with van der Waals surface area (Å²) in [7, 11) is 1.76. The van der Waals surface area contributed by atoms with Crippen molar-refractivity contribution in [1.29, 1.82) is 0 Å². The third kappa shape index (κ3) is 2.92. The summed E-state index contributed by atoms with van der Waals surface area (Å²) in [6, 6.07) is 5.66. The lowest BCUT2D eigenvalue weighted by atomic mass is 10.2. The highest BCUT2D eigenvalue weighted by molar-refractivity contribution is 6.33. The lowest BCUT2D eigenvalue weighted by molar-refractivity contribution is 0.122. The predicted octanol–water partition coefficient (Wildman–Crippen LogP) is 1.68. The highest BCUT2D eigenvalue weighted by Crippen LogP contribution is 2.32. The summed E-state index contributed by atoms with van der Waals surface area (Å²) >= 11 is 6.38. The van der Waals surface area contributed by atoms with E-state index in [1.54, 1.807) is 11.9 Å². The molecule has 0 aliphatic carbocycles. The lowest BCUT2D eigenvalue weighted by Crippen LogP contribution is -2.36. The second-order valence-electron chi connectivity index (χ2n) is 5.01. The summed E-state index contributed by atoms with van der Waals surface area (Å²) in [4.78, 5) is 15.6. The molecule has 1 N–H and O–H groups in total. The number of halogens is 1. The number of hydrogen-bond acceptors (Lipinski definition) is 5. The van der Waals surface area contributed by atoms with Crippen molar-refractivity contribution >= 4 is 29.1 Å². The van der Waals surface area contributed by atoms with Gasteiger partial charge in [-0.05, 0) is 25.2 Å². The highest BCUT2D eigenvalue weighted by Gasteiger charge is 2.31. The Hall–Kier alpha value is -1.50. The van der Waals surface area contributed by atoms with Crippen molar-refractivity contribution < 1.29 is 14.3 Å². The largest absolute Gasteiger partial charge is 0.428 e. The minimum Gasteiger partial charge on any atom is -0.428 e. The number of carbonyl (C=O) groups is 1. The van der Waals surface area contributed by atoms with Crippen LogP contribution in [-0.4, -0.2) is 52.2 Å². The molecule has 21 heavy (non-hydrogen) atoms. The Bertz CT molecular complexity index is 534. The highest BCUT2D eigenvalue weighted by atomic mass is 35.5. The van der Waals surface area contributed by atoms with Crippen molar-refractivity contribution in [3.8, 4) is 0 Å². The molecule has 6 nitrogen and oxygen atoms in total. The second kappa shape index (κ2) is 6.09. The fourth-order valence-corrected chi connectivity index (χ4v) is 2.84. The Morgan fingerprint density at radius 3 is 2.71 bits per heavy atom. The van der Waals surface area contributed by atoms with Gasteiger partial charge in [-0.2, -0.15) is 0 Å². The van der Waals surface area contributed by atoms with Crippen molar-refractivity contribution in [1.82, 2.24) is 5.32 Å². The monoisotopic (exact) mass is 311 g/mol. The summed E-state index contributed by atoms with van der Waals surface area (Å²) in [6.45, 7) is 3.54. The van der Waals surface area contributed by atoms with Gasteiger partial charge in [0.05, 0.1) is 30.5 Å². The zero-order valence-corrected chi connectivity index (χ0v) is 12.6. The topological polar surface area (TPSA) is 54.0 Å². The average Bonchev–Trinajstić information content (AvgIpc) is 2.89. The van der Waals surface area contributed by atoms with E-state index in [2.05, 4.69) is 10.2 Å². The van der Waals surface area contributed by atoms with E-state index in [-0.39, 0.29) is 12.3 Å². The van der Waals surface area contributed by atoms with Crippen LogP contribution in [0.5, 0.6) is 0 Å². The maximum absolute atomic E-state index is 11.8. The van der Waals surface area contributed by atoms with Crippen LogP contribution >= 0.6 is 11.6 Å². The molecule has 2 heterocycles. The standard InChI is InChI=1S/C14H18ClN3O3/c1-16-13-9-18(14(19)21-13)10-2-3-12(11(15)8-10)17-4-6-20-7-5-17/h2-3,8,13,16H,4-7,9H2,1H3. The predicted molar refractivity (Wildman–Crippen MR) is 81.2 cm³/mol. The van der Waals surface area contributed by atoms with Crippen molar-refractivity contribution in [3.63, 3.8) is 0 Å². The van der Waals surface area contributed by atoms with Gasteiger partial charge in [0.25, 0.3) is 0 Å². The fraction of sp³-hybridized carbons (Fsp3) is 0.500. The van der Waals surface area contributed by atoms with Crippen molar-refractivity contribution in [2.24, 2.45) is 0 Å². The molecule has 0 aromatic heterocycles. The van der Waals surface area contributed by atoms with E-state index in [0.717, 1.165) is 24.5 Å². The van der Waals surface area contributed by atoms with E-state index in [0.29, 0.717) is 24.8 Å². The third-order valence-corrected chi connectivity index (χ3v) is 4.03. The van der Waals surface area contributed by atoms with Crippen LogP contribution in [0, 0.1) is 0 Å². The Kier molecular flexibility index (Phi) is 4.19. The first-order chi connectivity index (χ1) is 10.2. The summed E-state index contributed by atoms with van der Waals surface area (Å²) in [5.41, 5.74) is 1.72. The van der Waals surface area contributed by atoms with Crippen molar-refractivity contribution in [3.05, 3.63) is 23.2 Å². The SMILES string of the molecule is CNC1CN(c2ccc(N3CCOCC3)c(Cl)c2)C(=O)O1. The Balaban J connectivity index is 1.79. The zero-order valence-electron chi connectivity index (χ0n) is 11.8. The van der Waals surface area contributed by atoms with Crippen LogP contribution in [0.3, 0.4) is 0 Å². The second-order valence-corrected chi connectivity index (χ2v) is 5.41. The van der Waals surface area contributed by atoms with Crippen LogP contribution in [-0.2, 0) is 9.47 Å². The van der Waals surface area contributed by atoms with Gasteiger partial charge in [-0.1, -0.05) is 11.6 Å². The number of benzene rings is 1. The number of rotatable bonds is 3. The van der Waals surface area contributed by atoms with Crippen LogP contribution in [0.2, 0.25) is 5.02 Å². The quantitative estimate of drug-likeness (QED) is 0.920. The molecule has 0 spiro atoms. The number of hydrogen-bond donors (Lipinski definition) is 1. The molecule has 1 aromatic carbocycles. The third-order valence-electron chi connectivity index (χ3n) is 3.73. The molecule has 3 rings (SSSR count). The number of ether oxygens (including phenoxy) is 2. The molecule has 0 bridgehead atoms. The summed E-state index contributed by atoms with van der Waals surface area (Å²) in [5.74, 6) is 0. The normalized spacial score (nSPS) is 22.6. The molecule has 1 unspecified atom stereocenters. The molecule has 1 amide bonds. The van der Waals surface area contributed by atoms with E-state index in [1.165, 1.54) is 0 Å². The van der Waals surface area contributed by atoms with E-state index in [9.17, 15) is 4.79 Å². The number of anilines is 2. The number of nitrogens with one attached hydrogen (secondary N) is 1. The number of likely N-dealkylation sites (N-methyl/N-ethyl adjacent to an activating group) is 1. The summed E-state index contributed by atoms with van der Waals surface area (Å²) in [5, 5.41) is 3.57. The van der Waals surface area contributed by atoms with Crippen molar-refractivity contribution in [2.75, 3.05) is 49.7 Å². The summed E-state index contributed by atoms with van der Waals surface area (Å²) < 4.78 is 10.5.